The molecule has 2 aliphatic carbocycles. The van der Waals surface area contributed by atoms with Crippen LogP contribution in [0.25, 0.3) is 0 Å². The van der Waals surface area contributed by atoms with Crippen LogP contribution in [-0.4, -0.2) is 0 Å². The van der Waals surface area contributed by atoms with Crippen LogP contribution in [0, 0.1) is 23.7 Å². The summed E-state index contributed by atoms with van der Waals surface area (Å²) in [4.78, 5) is 0. The predicted octanol–water partition coefficient (Wildman–Crippen LogP) is 8.17. The molecule has 0 heterocycles. The summed E-state index contributed by atoms with van der Waals surface area (Å²) >= 11 is 0. The normalized spacial score (nSPS) is 27.5. The molecule has 2 aliphatic rings. The van der Waals surface area contributed by atoms with Crippen LogP contribution in [0.15, 0.2) is 12.2 Å². The molecule has 2 fully saturated rings. The first-order valence-corrected chi connectivity index (χ1v) is 10.8. The van der Waals surface area contributed by atoms with Crippen LogP contribution < -0.4 is 0 Å². The SMILES string of the molecule is C/C=C\C(C)CCC1CCC(C)CC1.CCCC1CCCCC1. The van der Waals surface area contributed by atoms with E-state index >= 15 is 0 Å². The van der Waals surface area contributed by atoms with Gasteiger partial charge in [-0.25, -0.2) is 0 Å². The minimum atomic E-state index is 0.791. The molecule has 0 bridgehead atoms. The molecule has 0 nitrogen and oxygen atoms in total. The van der Waals surface area contributed by atoms with Crippen molar-refractivity contribution in [2.24, 2.45) is 23.7 Å². The molecule has 0 aromatic heterocycles. The van der Waals surface area contributed by atoms with E-state index in [4.69, 9.17) is 0 Å². The molecule has 0 saturated heterocycles. The summed E-state index contributed by atoms with van der Waals surface area (Å²) < 4.78 is 0. The smallest absolute Gasteiger partial charge is 0.0262 e. The van der Waals surface area contributed by atoms with Crippen LogP contribution in [0.2, 0.25) is 0 Å². The second kappa shape index (κ2) is 13.1. The molecule has 0 aromatic carbocycles. The molecular formula is C23H44. The van der Waals surface area contributed by atoms with Crippen LogP contribution in [0.4, 0.5) is 0 Å². The largest absolute Gasteiger partial charge is 0.0914 e. The lowest BCUT2D eigenvalue weighted by atomic mass is 9.80. The Labute approximate surface area is 147 Å². The van der Waals surface area contributed by atoms with Gasteiger partial charge >= 0.3 is 0 Å². The Bertz CT molecular complexity index is 274. The maximum atomic E-state index is 2.40. The van der Waals surface area contributed by atoms with Crippen molar-refractivity contribution >= 4 is 0 Å². The molecule has 2 rings (SSSR count). The molecule has 1 unspecified atom stereocenters. The van der Waals surface area contributed by atoms with E-state index in [0.29, 0.717) is 0 Å². The molecule has 0 heteroatoms. The summed E-state index contributed by atoms with van der Waals surface area (Å²) in [7, 11) is 0. The van der Waals surface area contributed by atoms with E-state index in [1.807, 2.05) is 0 Å². The molecule has 136 valence electrons. The fraction of sp³-hybridized carbons (Fsp3) is 0.913. The highest BCUT2D eigenvalue weighted by Gasteiger charge is 2.18. The van der Waals surface area contributed by atoms with E-state index in [2.05, 4.69) is 39.8 Å². The van der Waals surface area contributed by atoms with Gasteiger partial charge in [0.05, 0.1) is 0 Å². The Hall–Kier alpha value is -0.260. The molecule has 0 radical (unpaired) electrons. The van der Waals surface area contributed by atoms with E-state index < -0.39 is 0 Å². The Balaban J connectivity index is 0.000000253. The van der Waals surface area contributed by atoms with Crippen molar-refractivity contribution in [2.45, 2.75) is 111 Å². The number of rotatable bonds is 6. The summed E-state index contributed by atoms with van der Waals surface area (Å²) in [6.45, 7) is 9.16. The molecule has 0 aromatic rings. The number of allylic oxidation sites excluding steroid dienone is 2. The minimum Gasteiger partial charge on any atom is -0.0914 e. The van der Waals surface area contributed by atoms with Crippen molar-refractivity contribution in [2.75, 3.05) is 0 Å². The topological polar surface area (TPSA) is 0 Å². The number of hydrogen-bond acceptors (Lipinski definition) is 0. The van der Waals surface area contributed by atoms with Crippen LogP contribution in [0.1, 0.15) is 111 Å². The van der Waals surface area contributed by atoms with E-state index in [9.17, 15) is 0 Å². The van der Waals surface area contributed by atoms with Gasteiger partial charge in [-0.05, 0) is 43.4 Å². The lowest BCUT2D eigenvalue weighted by molar-refractivity contribution is 0.268. The molecule has 0 N–H and O–H groups in total. The Morgan fingerprint density at radius 3 is 2.04 bits per heavy atom. The number of hydrogen-bond donors (Lipinski definition) is 0. The van der Waals surface area contributed by atoms with Gasteiger partial charge in [0.2, 0.25) is 0 Å². The van der Waals surface area contributed by atoms with Gasteiger partial charge < -0.3 is 0 Å². The molecule has 0 spiro atoms. The third-order valence-corrected chi connectivity index (χ3v) is 6.11. The maximum Gasteiger partial charge on any atom is -0.0262 e. The van der Waals surface area contributed by atoms with Crippen LogP contribution in [0.5, 0.6) is 0 Å². The highest BCUT2D eigenvalue weighted by atomic mass is 14.2. The second-order valence-corrected chi connectivity index (χ2v) is 8.50. The van der Waals surface area contributed by atoms with Gasteiger partial charge in [-0.15, -0.1) is 0 Å². The predicted molar refractivity (Wildman–Crippen MR) is 106 cm³/mol. The van der Waals surface area contributed by atoms with Crippen molar-refractivity contribution in [1.82, 2.24) is 0 Å². The summed E-state index contributed by atoms with van der Waals surface area (Å²) in [6.07, 6.45) is 23.7. The zero-order valence-corrected chi connectivity index (χ0v) is 16.7. The van der Waals surface area contributed by atoms with Gasteiger partial charge in [-0.2, -0.15) is 0 Å². The maximum absolute atomic E-state index is 2.40. The highest BCUT2D eigenvalue weighted by Crippen LogP contribution is 2.32. The van der Waals surface area contributed by atoms with E-state index in [1.165, 1.54) is 83.5 Å². The molecule has 0 aliphatic heterocycles. The molecule has 0 amide bonds. The summed E-state index contributed by atoms with van der Waals surface area (Å²) in [5, 5.41) is 0. The van der Waals surface area contributed by atoms with E-state index in [1.54, 1.807) is 0 Å². The van der Waals surface area contributed by atoms with Crippen molar-refractivity contribution in [3.8, 4) is 0 Å². The first-order chi connectivity index (χ1) is 11.2. The first kappa shape index (κ1) is 20.8. The zero-order valence-electron chi connectivity index (χ0n) is 16.7. The summed E-state index contributed by atoms with van der Waals surface area (Å²) in [5.41, 5.74) is 0. The lowest BCUT2D eigenvalue weighted by Crippen LogP contribution is -2.12. The summed E-state index contributed by atoms with van der Waals surface area (Å²) in [5.74, 6) is 3.93. The Morgan fingerprint density at radius 2 is 1.48 bits per heavy atom. The van der Waals surface area contributed by atoms with E-state index in [0.717, 1.165) is 23.7 Å². The standard InChI is InChI=1S/C14H26.C9H18/c1-4-5-12(2)6-9-14-10-7-13(3)8-11-14;1-2-6-9-7-4-3-5-8-9/h4-5,12-14H,6-11H2,1-3H3;9H,2-8H2,1H3/b5-4-;. The van der Waals surface area contributed by atoms with Crippen LogP contribution >= 0.6 is 0 Å². The van der Waals surface area contributed by atoms with Gasteiger partial charge in [0.25, 0.3) is 0 Å². The minimum absolute atomic E-state index is 0.791. The monoisotopic (exact) mass is 320 g/mol. The van der Waals surface area contributed by atoms with Crippen LogP contribution in [0.3, 0.4) is 0 Å². The van der Waals surface area contributed by atoms with Crippen LogP contribution in [-0.2, 0) is 0 Å². The average Bonchev–Trinajstić information content (AvgIpc) is 2.57. The fourth-order valence-corrected chi connectivity index (χ4v) is 4.43. The van der Waals surface area contributed by atoms with Crippen molar-refractivity contribution < 1.29 is 0 Å². The van der Waals surface area contributed by atoms with Gasteiger partial charge in [0.1, 0.15) is 0 Å². The zero-order chi connectivity index (χ0) is 16.9. The van der Waals surface area contributed by atoms with Gasteiger partial charge in [0, 0.05) is 0 Å². The average molecular weight is 321 g/mol. The van der Waals surface area contributed by atoms with Gasteiger partial charge in [-0.1, -0.05) is 104 Å². The van der Waals surface area contributed by atoms with Gasteiger partial charge in [0.15, 0.2) is 0 Å². The summed E-state index contributed by atoms with van der Waals surface area (Å²) in [6, 6.07) is 0. The second-order valence-electron chi connectivity index (χ2n) is 8.50. The Morgan fingerprint density at radius 1 is 0.870 bits per heavy atom. The molecule has 23 heavy (non-hydrogen) atoms. The van der Waals surface area contributed by atoms with Crippen molar-refractivity contribution in [1.29, 1.82) is 0 Å². The van der Waals surface area contributed by atoms with Gasteiger partial charge in [-0.3, -0.25) is 0 Å². The molecular weight excluding hydrogens is 276 g/mol. The third kappa shape index (κ3) is 10.3. The lowest BCUT2D eigenvalue weighted by Gasteiger charge is -2.26. The first-order valence-electron chi connectivity index (χ1n) is 10.8. The Kier molecular flexibility index (Phi) is 11.8. The molecule has 2 saturated carbocycles. The fourth-order valence-electron chi connectivity index (χ4n) is 4.43. The van der Waals surface area contributed by atoms with Crippen molar-refractivity contribution in [3.05, 3.63) is 12.2 Å². The highest BCUT2D eigenvalue weighted by molar-refractivity contribution is 4.83. The van der Waals surface area contributed by atoms with Crippen molar-refractivity contribution in [3.63, 3.8) is 0 Å². The van der Waals surface area contributed by atoms with E-state index in [-0.39, 0.29) is 0 Å². The quantitative estimate of drug-likeness (QED) is 0.433. The molecule has 1 atom stereocenters. The third-order valence-electron chi connectivity index (χ3n) is 6.11.